The van der Waals surface area contributed by atoms with Crippen LogP contribution in [-0.2, 0) is 14.3 Å². The van der Waals surface area contributed by atoms with Crippen molar-refractivity contribution in [2.45, 2.75) is 25.0 Å². The third-order valence-electron chi connectivity index (χ3n) is 3.41. The largest absolute Gasteiger partial charge is 0.489 e. The van der Waals surface area contributed by atoms with Gasteiger partial charge in [0.25, 0.3) is 5.91 Å². The standard InChI is InChI=1S/C15H21FN2O4/c1-20-6-7-21-13-4-2-10(16)8-12(13)18-15(19)14-5-3-11(9-17)22-14/h2,4,8,11,14H,3,5-7,9,17H2,1H3,(H,18,19)/t11-,14+/m1/s1. The first kappa shape index (κ1) is 16.7. The van der Waals surface area contributed by atoms with E-state index in [-0.39, 0.29) is 17.7 Å². The molecule has 1 aliphatic heterocycles. The number of carbonyl (C=O) groups excluding carboxylic acids is 1. The zero-order chi connectivity index (χ0) is 15.9. The maximum Gasteiger partial charge on any atom is 0.253 e. The Labute approximate surface area is 128 Å². The van der Waals surface area contributed by atoms with Gasteiger partial charge in [-0.15, -0.1) is 0 Å². The van der Waals surface area contributed by atoms with E-state index in [2.05, 4.69) is 5.32 Å². The number of hydrogen-bond donors (Lipinski definition) is 2. The van der Waals surface area contributed by atoms with Gasteiger partial charge in [0, 0.05) is 19.7 Å². The van der Waals surface area contributed by atoms with Gasteiger partial charge in [0.05, 0.1) is 18.4 Å². The molecule has 1 aromatic carbocycles. The van der Waals surface area contributed by atoms with Crippen molar-refractivity contribution in [1.82, 2.24) is 0 Å². The smallest absolute Gasteiger partial charge is 0.253 e. The Hall–Kier alpha value is -1.70. The van der Waals surface area contributed by atoms with Crippen LogP contribution in [0.2, 0.25) is 0 Å². The molecule has 2 atom stereocenters. The zero-order valence-corrected chi connectivity index (χ0v) is 12.5. The van der Waals surface area contributed by atoms with Crippen molar-refractivity contribution in [3.8, 4) is 5.75 Å². The van der Waals surface area contributed by atoms with E-state index >= 15 is 0 Å². The molecule has 0 bridgehead atoms. The molecule has 2 rings (SSSR count). The molecule has 22 heavy (non-hydrogen) atoms. The number of methoxy groups -OCH3 is 1. The molecule has 6 nitrogen and oxygen atoms in total. The summed E-state index contributed by atoms with van der Waals surface area (Å²) in [5, 5.41) is 2.65. The summed E-state index contributed by atoms with van der Waals surface area (Å²) in [6.07, 6.45) is 0.682. The van der Waals surface area contributed by atoms with Crippen LogP contribution in [0.1, 0.15) is 12.8 Å². The average Bonchev–Trinajstić information content (AvgIpc) is 2.99. The van der Waals surface area contributed by atoms with E-state index in [0.29, 0.717) is 31.9 Å². The summed E-state index contributed by atoms with van der Waals surface area (Å²) in [6, 6.07) is 3.96. The van der Waals surface area contributed by atoms with E-state index in [1.807, 2.05) is 0 Å². The van der Waals surface area contributed by atoms with Crippen molar-refractivity contribution < 1.29 is 23.4 Å². The number of benzene rings is 1. The predicted octanol–water partition coefficient (Wildman–Crippen LogP) is 1.30. The lowest BCUT2D eigenvalue weighted by atomic mass is 10.2. The lowest BCUT2D eigenvalue weighted by molar-refractivity contribution is -0.126. The fourth-order valence-corrected chi connectivity index (χ4v) is 2.25. The van der Waals surface area contributed by atoms with Gasteiger partial charge in [0.1, 0.15) is 24.3 Å². The highest BCUT2D eigenvalue weighted by Crippen LogP contribution is 2.27. The van der Waals surface area contributed by atoms with Crippen molar-refractivity contribution in [3.63, 3.8) is 0 Å². The second kappa shape index (κ2) is 8.07. The third kappa shape index (κ3) is 4.40. The minimum absolute atomic E-state index is 0.0966. The molecule has 0 saturated carbocycles. The summed E-state index contributed by atoms with van der Waals surface area (Å²) in [5.41, 5.74) is 5.80. The molecule has 1 aliphatic rings. The van der Waals surface area contributed by atoms with Crippen molar-refractivity contribution in [2.75, 3.05) is 32.2 Å². The molecule has 1 amide bonds. The molecular formula is C15H21FN2O4. The van der Waals surface area contributed by atoms with E-state index in [1.54, 1.807) is 7.11 Å². The molecule has 0 unspecified atom stereocenters. The minimum atomic E-state index is -0.566. The normalized spacial score (nSPS) is 20.9. The van der Waals surface area contributed by atoms with Crippen molar-refractivity contribution in [1.29, 1.82) is 0 Å². The highest BCUT2D eigenvalue weighted by atomic mass is 19.1. The Kier molecular flexibility index (Phi) is 6.11. The summed E-state index contributed by atoms with van der Waals surface area (Å²) in [5.74, 6) is -0.389. The van der Waals surface area contributed by atoms with E-state index in [1.165, 1.54) is 18.2 Å². The Morgan fingerprint density at radius 1 is 1.45 bits per heavy atom. The predicted molar refractivity (Wildman–Crippen MR) is 79.4 cm³/mol. The molecule has 7 heteroatoms. The second-order valence-corrected chi connectivity index (χ2v) is 5.03. The van der Waals surface area contributed by atoms with Gasteiger partial charge in [0.2, 0.25) is 0 Å². The molecule has 1 fully saturated rings. The fraction of sp³-hybridized carbons (Fsp3) is 0.533. The topological polar surface area (TPSA) is 82.8 Å². The molecule has 1 heterocycles. The minimum Gasteiger partial charge on any atom is -0.489 e. The van der Waals surface area contributed by atoms with Crippen LogP contribution in [0.25, 0.3) is 0 Å². The highest BCUT2D eigenvalue weighted by molar-refractivity contribution is 5.95. The van der Waals surface area contributed by atoms with E-state index in [9.17, 15) is 9.18 Å². The molecule has 0 spiro atoms. The Morgan fingerprint density at radius 2 is 2.27 bits per heavy atom. The number of nitrogens with two attached hydrogens (primary N) is 1. The van der Waals surface area contributed by atoms with Crippen LogP contribution in [0.15, 0.2) is 18.2 Å². The van der Waals surface area contributed by atoms with Gasteiger partial charge in [-0.05, 0) is 25.0 Å². The van der Waals surface area contributed by atoms with Crippen LogP contribution in [0, 0.1) is 5.82 Å². The number of anilines is 1. The van der Waals surface area contributed by atoms with Crippen molar-refractivity contribution in [3.05, 3.63) is 24.0 Å². The number of halogens is 1. The number of rotatable bonds is 7. The number of nitrogens with one attached hydrogen (secondary N) is 1. The maximum absolute atomic E-state index is 13.4. The van der Waals surface area contributed by atoms with E-state index < -0.39 is 11.9 Å². The molecule has 0 aliphatic carbocycles. The van der Waals surface area contributed by atoms with E-state index in [0.717, 1.165) is 6.42 Å². The molecule has 122 valence electrons. The summed E-state index contributed by atoms with van der Waals surface area (Å²) >= 11 is 0. The average molecular weight is 312 g/mol. The van der Waals surface area contributed by atoms with Crippen LogP contribution in [0.4, 0.5) is 10.1 Å². The van der Waals surface area contributed by atoms with Crippen LogP contribution in [0.3, 0.4) is 0 Å². The summed E-state index contributed by atoms with van der Waals surface area (Å²) in [7, 11) is 1.56. The SMILES string of the molecule is COCCOc1ccc(F)cc1NC(=O)[C@@H]1CC[C@H](CN)O1. The number of hydrogen-bond acceptors (Lipinski definition) is 5. The first-order chi connectivity index (χ1) is 10.6. The van der Waals surface area contributed by atoms with Gasteiger partial charge in [-0.1, -0.05) is 0 Å². The summed E-state index contributed by atoms with van der Waals surface area (Å²) in [4.78, 5) is 12.2. The second-order valence-electron chi connectivity index (χ2n) is 5.03. The summed E-state index contributed by atoms with van der Waals surface area (Å²) < 4.78 is 29.3. The quantitative estimate of drug-likeness (QED) is 0.742. The molecule has 1 aromatic rings. The van der Waals surface area contributed by atoms with Crippen LogP contribution >= 0.6 is 0 Å². The van der Waals surface area contributed by atoms with Gasteiger partial charge in [0.15, 0.2) is 0 Å². The van der Waals surface area contributed by atoms with Gasteiger partial charge in [-0.2, -0.15) is 0 Å². The number of amides is 1. The highest BCUT2D eigenvalue weighted by Gasteiger charge is 2.30. The van der Waals surface area contributed by atoms with Gasteiger partial charge in [-0.25, -0.2) is 4.39 Å². The van der Waals surface area contributed by atoms with E-state index in [4.69, 9.17) is 19.9 Å². The van der Waals surface area contributed by atoms with Crippen molar-refractivity contribution in [2.24, 2.45) is 5.73 Å². The van der Waals surface area contributed by atoms with Crippen LogP contribution < -0.4 is 15.8 Å². The monoisotopic (exact) mass is 312 g/mol. The van der Waals surface area contributed by atoms with Crippen molar-refractivity contribution >= 4 is 11.6 Å². The Balaban J connectivity index is 2.01. The number of carbonyl (C=O) groups is 1. The number of ether oxygens (including phenoxy) is 3. The summed E-state index contributed by atoms with van der Waals surface area (Å²) in [6.45, 7) is 1.09. The molecule has 1 saturated heterocycles. The van der Waals surface area contributed by atoms with Crippen LogP contribution in [0.5, 0.6) is 5.75 Å². The molecular weight excluding hydrogens is 291 g/mol. The first-order valence-corrected chi connectivity index (χ1v) is 7.21. The Bertz CT molecular complexity index is 512. The van der Waals surface area contributed by atoms with Gasteiger partial charge < -0.3 is 25.3 Å². The molecule has 0 radical (unpaired) electrons. The van der Waals surface area contributed by atoms with Gasteiger partial charge in [-0.3, -0.25) is 4.79 Å². The maximum atomic E-state index is 13.4. The molecule has 3 N–H and O–H groups in total. The third-order valence-corrected chi connectivity index (χ3v) is 3.41. The fourth-order valence-electron chi connectivity index (χ4n) is 2.25. The Morgan fingerprint density at radius 3 is 2.95 bits per heavy atom. The zero-order valence-electron chi connectivity index (χ0n) is 12.5. The van der Waals surface area contributed by atoms with Gasteiger partial charge >= 0.3 is 0 Å². The lowest BCUT2D eigenvalue weighted by Gasteiger charge is -2.15. The first-order valence-electron chi connectivity index (χ1n) is 7.21. The lowest BCUT2D eigenvalue weighted by Crippen LogP contribution is -2.30. The molecule has 0 aromatic heterocycles. The van der Waals surface area contributed by atoms with Crippen LogP contribution in [-0.4, -0.2) is 45.0 Å².